The number of aliphatic carboxylic acids is 1. The molecule has 1 fully saturated rings. The highest BCUT2D eigenvalue weighted by atomic mass is 16.5. The maximum absolute atomic E-state index is 10.4. The van der Waals surface area contributed by atoms with Crippen molar-refractivity contribution in [1.82, 2.24) is 0 Å². The average Bonchev–Trinajstić information content (AvgIpc) is 2.18. The zero-order valence-electron chi connectivity index (χ0n) is 8.87. The SMILES string of the molecule is COC1CCCCC1CCCC(=O)O. The minimum absolute atomic E-state index is 0.299. The van der Waals surface area contributed by atoms with Gasteiger partial charge in [-0.1, -0.05) is 12.8 Å². The Hall–Kier alpha value is -0.570. The number of methoxy groups -OCH3 is 1. The van der Waals surface area contributed by atoms with Gasteiger partial charge in [-0.3, -0.25) is 4.79 Å². The van der Waals surface area contributed by atoms with Gasteiger partial charge in [0.15, 0.2) is 0 Å². The van der Waals surface area contributed by atoms with Crippen molar-refractivity contribution in [3.8, 4) is 0 Å². The topological polar surface area (TPSA) is 46.5 Å². The van der Waals surface area contributed by atoms with E-state index in [1.807, 2.05) is 0 Å². The molecular weight excluding hydrogens is 180 g/mol. The summed E-state index contributed by atoms with van der Waals surface area (Å²) in [5.74, 6) is -0.0946. The van der Waals surface area contributed by atoms with Gasteiger partial charge in [0.2, 0.25) is 0 Å². The first kappa shape index (κ1) is 11.5. The molecule has 3 nitrogen and oxygen atoms in total. The molecule has 0 aromatic heterocycles. The molecule has 82 valence electrons. The van der Waals surface area contributed by atoms with Gasteiger partial charge in [-0.2, -0.15) is 0 Å². The van der Waals surface area contributed by atoms with Crippen LogP contribution in [0.4, 0.5) is 0 Å². The van der Waals surface area contributed by atoms with Gasteiger partial charge in [0.1, 0.15) is 0 Å². The lowest BCUT2D eigenvalue weighted by Crippen LogP contribution is -2.26. The van der Waals surface area contributed by atoms with Crippen LogP contribution in [0, 0.1) is 5.92 Å². The second-order valence-electron chi connectivity index (χ2n) is 4.10. The summed E-state index contributed by atoms with van der Waals surface area (Å²) in [6.45, 7) is 0. The molecular formula is C11H20O3. The molecule has 0 aliphatic heterocycles. The van der Waals surface area contributed by atoms with Crippen LogP contribution in [0.5, 0.6) is 0 Å². The van der Waals surface area contributed by atoms with Crippen LogP contribution in [-0.4, -0.2) is 24.3 Å². The van der Waals surface area contributed by atoms with Crippen molar-refractivity contribution in [2.45, 2.75) is 51.0 Å². The van der Waals surface area contributed by atoms with Crippen LogP contribution < -0.4 is 0 Å². The van der Waals surface area contributed by atoms with Gasteiger partial charge in [0.25, 0.3) is 0 Å². The summed E-state index contributed by atoms with van der Waals surface area (Å²) in [7, 11) is 1.76. The van der Waals surface area contributed by atoms with Crippen LogP contribution in [0.3, 0.4) is 0 Å². The number of rotatable bonds is 5. The average molecular weight is 200 g/mol. The number of carboxylic acids is 1. The van der Waals surface area contributed by atoms with E-state index in [1.54, 1.807) is 7.11 Å². The summed E-state index contributed by atoms with van der Waals surface area (Å²) < 4.78 is 5.41. The summed E-state index contributed by atoms with van der Waals surface area (Å²) in [4.78, 5) is 10.4. The van der Waals surface area contributed by atoms with Crippen molar-refractivity contribution >= 4 is 5.97 Å². The molecule has 0 radical (unpaired) electrons. The highest BCUT2D eigenvalue weighted by Crippen LogP contribution is 2.30. The van der Waals surface area contributed by atoms with Crippen LogP contribution in [0.15, 0.2) is 0 Å². The highest BCUT2D eigenvalue weighted by molar-refractivity contribution is 5.66. The first-order valence-electron chi connectivity index (χ1n) is 5.48. The van der Waals surface area contributed by atoms with E-state index in [1.165, 1.54) is 19.3 Å². The van der Waals surface area contributed by atoms with Gasteiger partial charge >= 0.3 is 5.97 Å². The zero-order chi connectivity index (χ0) is 10.4. The quantitative estimate of drug-likeness (QED) is 0.741. The van der Waals surface area contributed by atoms with Crippen molar-refractivity contribution in [1.29, 1.82) is 0 Å². The Morgan fingerprint density at radius 2 is 2.14 bits per heavy atom. The standard InChI is InChI=1S/C11H20O3/c1-14-10-7-3-2-5-9(10)6-4-8-11(12)13/h9-10H,2-8H2,1H3,(H,12,13). The maximum Gasteiger partial charge on any atom is 0.303 e. The van der Waals surface area contributed by atoms with Gasteiger partial charge < -0.3 is 9.84 Å². The molecule has 14 heavy (non-hydrogen) atoms. The number of hydrogen-bond acceptors (Lipinski definition) is 2. The summed E-state index contributed by atoms with van der Waals surface area (Å²) in [6, 6.07) is 0. The predicted octanol–water partition coefficient (Wildman–Crippen LogP) is 2.45. The van der Waals surface area contributed by atoms with Crippen LogP contribution in [0.2, 0.25) is 0 Å². The van der Waals surface area contributed by atoms with E-state index in [4.69, 9.17) is 9.84 Å². The molecule has 0 saturated heterocycles. The van der Waals surface area contributed by atoms with Gasteiger partial charge in [-0.05, 0) is 31.6 Å². The monoisotopic (exact) mass is 200 g/mol. The maximum atomic E-state index is 10.4. The first-order valence-corrected chi connectivity index (χ1v) is 5.48. The number of hydrogen-bond donors (Lipinski definition) is 1. The summed E-state index contributed by atoms with van der Waals surface area (Å²) in [6.07, 6.45) is 7.35. The minimum atomic E-state index is -0.685. The van der Waals surface area contributed by atoms with E-state index >= 15 is 0 Å². The fraction of sp³-hybridized carbons (Fsp3) is 0.909. The molecule has 3 heteroatoms. The molecule has 2 unspecified atom stereocenters. The fourth-order valence-corrected chi connectivity index (χ4v) is 2.33. The molecule has 0 bridgehead atoms. The largest absolute Gasteiger partial charge is 0.481 e. The Bertz CT molecular complexity index is 179. The Labute approximate surface area is 85.5 Å². The van der Waals surface area contributed by atoms with E-state index in [0.717, 1.165) is 19.3 Å². The minimum Gasteiger partial charge on any atom is -0.481 e. The van der Waals surface area contributed by atoms with Crippen molar-refractivity contribution in [2.24, 2.45) is 5.92 Å². The third-order valence-electron chi connectivity index (χ3n) is 3.11. The van der Waals surface area contributed by atoms with E-state index in [9.17, 15) is 4.79 Å². The number of carbonyl (C=O) groups is 1. The lowest BCUT2D eigenvalue weighted by molar-refractivity contribution is -0.137. The molecule has 1 N–H and O–H groups in total. The van der Waals surface area contributed by atoms with Gasteiger partial charge in [-0.15, -0.1) is 0 Å². The van der Waals surface area contributed by atoms with Crippen LogP contribution >= 0.6 is 0 Å². The molecule has 2 atom stereocenters. The second kappa shape index (κ2) is 6.02. The smallest absolute Gasteiger partial charge is 0.303 e. The van der Waals surface area contributed by atoms with E-state index < -0.39 is 5.97 Å². The van der Waals surface area contributed by atoms with Crippen molar-refractivity contribution < 1.29 is 14.6 Å². The Balaban J connectivity index is 2.22. The number of carboxylic acid groups (broad SMARTS) is 1. The summed E-state index contributed by atoms with van der Waals surface area (Å²) in [5, 5.41) is 8.53. The first-order chi connectivity index (χ1) is 6.74. The fourth-order valence-electron chi connectivity index (χ4n) is 2.33. The highest BCUT2D eigenvalue weighted by Gasteiger charge is 2.24. The third-order valence-corrected chi connectivity index (χ3v) is 3.11. The van der Waals surface area contributed by atoms with Crippen LogP contribution in [0.25, 0.3) is 0 Å². The second-order valence-corrected chi connectivity index (χ2v) is 4.10. The Morgan fingerprint density at radius 3 is 2.79 bits per heavy atom. The van der Waals surface area contributed by atoms with E-state index in [0.29, 0.717) is 18.4 Å². The Kier molecular flexibility index (Phi) is 4.94. The van der Waals surface area contributed by atoms with Gasteiger partial charge in [0, 0.05) is 13.5 Å². The number of ether oxygens (including phenoxy) is 1. The lowest BCUT2D eigenvalue weighted by atomic mass is 9.83. The van der Waals surface area contributed by atoms with Crippen molar-refractivity contribution in [3.05, 3.63) is 0 Å². The Morgan fingerprint density at radius 1 is 1.43 bits per heavy atom. The molecule has 0 amide bonds. The molecule has 0 aromatic carbocycles. The molecule has 1 rings (SSSR count). The normalized spacial score (nSPS) is 27.5. The predicted molar refractivity (Wildman–Crippen MR) is 54.2 cm³/mol. The molecule has 0 heterocycles. The molecule has 1 saturated carbocycles. The molecule has 1 aliphatic rings. The molecule has 0 aromatic rings. The van der Waals surface area contributed by atoms with Crippen molar-refractivity contribution in [3.63, 3.8) is 0 Å². The van der Waals surface area contributed by atoms with Gasteiger partial charge in [-0.25, -0.2) is 0 Å². The zero-order valence-corrected chi connectivity index (χ0v) is 8.87. The van der Waals surface area contributed by atoms with E-state index in [-0.39, 0.29) is 0 Å². The third kappa shape index (κ3) is 3.66. The summed E-state index contributed by atoms with van der Waals surface area (Å²) >= 11 is 0. The van der Waals surface area contributed by atoms with Crippen LogP contribution in [-0.2, 0) is 9.53 Å². The van der Waals surface area contributed by atoms with Crippen molar-refractivity contribution in [2.75, 3.05) is 7.11 Å². The van der Waals surface area contributed by atoms with E-state index in [2.05, 4.69) is 0 Å². The van der Waals surface area contributed by atoms with Crippen LogP contribution in [0.1, 0.15) is 44.9 Å². The molecule has 1 aliphatic carbocycles. The summed E-state index contributed by atoms with van der Waals surface area (Å²) in [5.41, 5.74) is 0. The molecule has 0 spiro atoms. The lowest BCUT2D eigenvalue weighted by Gasteiger charge is -2.30. The van der Waals surface area contributed by atoms with Gasteiger partial charge in [0.05, 0.1) is 6.10 Å².